The molecule has 0 atom stereocenters. The first-order valence-corrected chi connectivity index (χ1v) is 19.8. The molecule has 0 unspecified atom stereocenters. The first kappa shape index (κ1) is 25.4. The molecule has 0 aliphatic carbocycles. The van der Waals surface area contributed by atoms with Crippen molar-refractivity contribution in [1.29, 1.82) is 0 Å². The molecular formula is C22H46B2Sn. The molecule has 0 amide bonds. The van der Waals surface area contributed by atoms with Gasteiger partial charge in [0.25, 0.3) is 0 Å². The minimum absolute atomic E-state index is 0.812. The summed E-state index contributed by atoms with van der Waals surface area (Å²) < 4.78 is 3.89. The van der Waals surface area contributed by atoms with Gasteiger partial charge < -0.3 is 0 Å². The molecule has 0 nitrogen and oxygen atoms in total. The molecule has 0 spiro atoms. The van der Waals surface area contributed by atoms with E-state index in [0.29, 0.717) is 0 Å². The normalized spacial score (nSPS) is 14.2. The van der Waals surface area contributed by atoms with E-state index in [9.17, 15) is 0 Å². The molecule has 0 aromatic carbocycles. The van der Waals surface area contributed by atoms with Crippen molar-refractivity contribution < 1.29 is 0 Å². The van der Waals surface area contributed by atoms with Gasteiger partial charge in [0.2, 0.25) is 0 Å². The first-order chi connectivity index (χ1) is 11.8. The standard InChI is InChI=1S/2C10H20B.2CH3.Sn/c2*1-5-9-10(6-2)11(7-3)8-4;;;/h2*5-8H2,1-4H3;2*1H3;. The Bertz CT molecular complexity index is 401. The minimum atomic E-state index is -2.46. The fourth-order valence-electron chi connectivity index (χ4n) is 5.38. The van der Waals surface area contributed by atoms with Gasteiger partial charge >= 0.3 is 166 Å². The molecular weight excluding hydrogens is 405 g/mol. The van der Waals surface area contributed by atoms with Crippen LogP contribution in [0.5, 0.6) is 0 Å². The van der Waals surface area contributed by atoms with Crippen LogP contribution in [0.1, 0.15) is 81.1 Å². The molecule has 0 aromatic rings. The van der Waals surface area contributed by atoms with Crippen LogP contribution >= 0.6 is 0 Å². The average Bonchev–Trinajstić information content (AvgIpc) is 2.61. The molecule has 0 bridgehead atoms. The van der Waals surface area contributed by atoms with Gasteiger partial charge in [0, 0.05) is 0 Å². The van der Waals surface area contributed by atoms with E-state index in [1.807, 2.05) is 18.1 Å². The van der Waals surface area contributed by atoms with Crippen LogP contribution in [-0.4, -0.2) is 31.8 Å². The third kappa shape index (κ3) is 6.21. The van der Waals surface area contributed by atoms with E-state index < -0.39 is 18.4 Å². The van der Waals surface area contributed by atoms with Gasteiger partial charge in [-0.1, -0.05) is 0 Å². The summed E-state index contributed by atoms with van der Waals surface area (Å²) in [4.78, 5) is 5.45. The number of rotatable bonds is 12. The summed E-state index contributed by atoms with van der Waals surface area (Å²) in [5, 5.41) is 0. The third-order valence-electron chi connectivity index (χ3n) is 6.71. The van der Waals surface area contributed by atoms with Crippen LogP contribution in [0.15, 0.2) is 18.1 Å². The predicted molar refractivity (Wildman–Crippen MR) is 126 cm³/mol. The Hall–Kier alpha value is 0.409. The molecule has 3 heteroatoms. The first-order valence-electron chi connectivity index (χ1n) is 11.3. The van der Waals surface area contributed by atoms with E-state index in [1.165, 1.54) is 51.0 Å². The van der Waals surface area contributed by atoms with Crippen molar-refractivity contribution in [3.8, 4) is 0 Å². The summed E-state index contributed by atoms with van der Waals surface area (Å²) in [7, 11) is 0. The van der Waals surface area contributed by atoms with Gasteiger partial charge in [-0.05, 0) is 0 Å². The zero-order valence-corrected chi connectivity index (χ0v) is 22.2. The van der Waals surface area contributed by atoms with E-state index in [-0.39, 0.29) is 0 Å². The summed E-state index contributed by atoms with van der Waals surface area (Å²) in [6.07, 6.45) is 10.3. The van der Waals surface area contributed by atoms with Gasteiger partial charge in [-0.15, -0.1) is 0 Å². The molecule has 0 rings (SSSR count). The Kier molecular flexibility index (Phi) is 12.9. The zero-order chi connectivity index (χ0) is 19.6. The average molecular weight is 451 g/mol. The van der Waals surface area contributed by atoms with E-state index >= 15 is 0 Å². The summed E-state index contributed by atoms with van der Waals surface area (Å²) >= 11 is -2.46. The predicted octanol–water partition coefficient (Wildman–Crippen LogP) is 8.15. The van der Waals surface area contributed by atoms with E-state index in [1.54, 1.807) is 0 Å². The topological polar surface area (TPSA) is 0 Å². The van der Waals surface area contributed by atoms with Crippen LogP contribution in [-0.2, 0) is 0 Å². The molecule has 0 aliphatic heterocycles. The van der Waals surface area contributed by atoms with Crippen LogP contribution in [0.4, 0.5) is 0 Å². The fraction of sp³-hybridized carbons (Fsp3) is 0.818. The molecule has 0 aliphatic rings. The van der Waals surface area contributed by atoms with Gasteiger partial charge in [0.05, 0.1) is 0 Å². The second-order valence-corrected chi connectivity index (χ2v) is 20.8. The Morgan fingerprint density at radius 1 is 0.520 bits per heavy atom. The summed E-state index contributed by atoms with van der Waals surface area (Å²) in [5.74, 6) is 0. The zero-order valence-electron chi connectivity index (χ0n) is 19.3. The molecule has 0 fully saturated rings. The van der Waals surface area contributed by atoms with E-state index in [4.69, 9.17) is 0 Å². The van der Waals surface area contributed by atoms with Crippen LogP contribution in [0.2, 0.25) is 35.2 Å². The van der Waals surface area contributed by atoms with Crippen molar-refractivity contribution in [2.45, 2.75) is 116 Å². The number of hydrogen-bond donors (Lipinski definition) is 0. The van der Waals surface area contributed by atoms with Crippen LogP contribution in [0, 0.1) is 0 Å². The molecule has 0 radical (unpaired) electrons. The van der Waals surface area contributed by atoms with Gasteiger partial charge in [-0.2, -0.15) is 0 Å². The Morgan fingerprint density at radius 3 is 0.960 bits per heavy atom. The summed E-state index contributed by atoms with van der Waals surface area (Å²) in [5.41, 5.74) is 3.69. The fourth-order valence-corrected chi connectivity index (χ4v) is 18.2. The number of hydrogen-bond acceptors (Lipinski definition) is 0. The third-order valence-corrected chi connectivity index (χ3v) is 19.2. The Balaban J connectivity index is 6.50. The second kappa shape index (κ2) is 12.7. The monoisotopic (exact) mass is 452 g/mol. The van der Waals surface area contributed by atoms with Crippen molar-refractivity contribution in [2.24, 2.45) is 0 Å². The molecule has 0 heterocycles. The quantitative estimate of drug-likeness (QED) is 0.263. The van der Waals surface area contributed by atoms with Crippen molar-refractivity contribution in [1.82, 2.24) is 0 Å². The van der Waals surface area contributed by atoms with Crippen molar-refractivity contribution in [2.75, 3.05) is 0 Å². The van der Waals surface area contributed by atoms with Gasteiger partial charge in [0.15, 0.2) is 0 Å². The van der Waals surface area contributed by atoms with Gasteiger partial charge in [-0.25, -0.2) is 0 Å². The molecule has 0 N–H and O–H groups in total. The Morgan fingerprint density at radius 2 is 0.800 bits per heavy atom. The Labute approximate surface area is 165 Å². The van der Waals surface area contributed by atoms with Gasteiger partial charge in [-0.3, -0.25) is 0 Å². The molecule has 25 heavy (non-hydrogen) atoms. The van der Waals surface area contributed by atoms with Crippen LogP contribution in [0.25, 0.3) is 0 Å². The molecule has 0 saturated heterocycles. The van der Waals surface area contributed by atoms with E-state index in [0.717, 1.165) is 13.4 Å². The summed E-state index contributed by atoms with van der Waals surface area (Å²) in [6, 6.07) is 0. The maximum absolute atomic E-state index is 2.72. The SMILES string of the molecule is CCB(CC)/C(CC)=[C](/CC)[Sn]([CH3])([CH3])/[C](CC)=C(/CC)B(CC)CC. The maximum atomic E-state index is 2.72. The van der Waals surface area contributed by atoms with Crippen molar-refractivity contribution >= 4 is 31.8 Å². The second-order valence-electron chi connectivity index (χ2n) is 8.07. The molecule has 144 valence electrons. The van der Waals surface area contributed by atoms with Crippen LogP contribution < -0.4 is 0 Å². The number of allylic oxidation sites excluding steroid dienone is 4. The van der Waals surface area contributed by atoms with Crippen molar-refractivity contribution in [3.05, 3.63) is 18.1 Å². The molecule has 0 aromatic heterocycles. The summed E-state index contributed by atoms with van der Waals surface area (Å²) in [6.45, 7) is 20.8. The van der Waals surface area contributed by atoms with Gasteiger partial charge in [0.1, 0.15) is 0 Å². The molecule has 0 saturated carbocycles. The van der Waals surface area contributed by atoms with E-state index in [2.05, 4.69) is 65.3 Å². The van der Waals surface area contributed by atoms with Crippen LogP contribution in [0.3, 0.4) is 0 Å². The van der Waals surface area contributed by atoms with Crippen molar-refractivity contribution in [3.63, 3.8) is 0 Å².